The summed E-state index contributed by atoms with van der Waals surface area (Å²) in [7, 11) is 0. The Balaban J connectivity index is 1.61. The van der Waals surface area contributed by atoms with Crippen molar-refractivity contribution in [3.8, 4) is 0 Å². The molecular weight excluding hydrogens is 390 g/mol. The van der Waals surface area contributed by atoms with E-state index in [0.29, 0.717) is 17.6 Å². The predicted molar refractivity (Wildman–Crippen MR) is 118 cm³/mol. The summed E-state index contributed by atoms with van der Waals surface area (Å²) in [5.74, 6) is 1.65. The van der Waals surface area contributed by atoms with E-state index in [9.17, 15) is 9.59 Å². The second-order valence-corrected chi connectivity index (χ2v) is 9.84. The predicted octanol–water partition coefficient (Wildman–Crippen LogP) is 3.70. The van der Waals surface area contributed by atoms with Crippen LogP contribution >= 0.6 is 23.1 Å². The molecule has 2 atom stereocenters. The molecule has 28 heavy (non-hydrogen) atoms. The molecule has 152 valence electrons. The molecule has 0 bridgehead atoms. The Morgan fingerprint density at radius 3 is 2.61 bits per heavy atom. The van der Waals surface area contributed by atoms with Crippen LogP contribution in [0.4, 0.5) is 0 Å². The minimum absolute atomic E-state index is 0.136. The van der Waals surface area contributed by atoms with Gasteiger partial charge in [0.2, 0.25) is 5.91 Å². The second-order valence-electron chi connectivity index (χ2n) is 7.84. The Kier molecular flexibility index (Phi) is 6.99. The summed E-state index contributed by atoms with van der Waals surface area (Å²) in [4.78, 5) is 31.8. The monoisotopic (exact) mass is 419 g/mol. The highest BCUT2D eigenvalue weighted by atomic mass is 32.2. The molecule has 0 spiro atoms. The summed E-state index contributed by atoms with van der Waals surface area (Å²) in [6, 6.07) is 6.29. The highest BCUT2D eigenvalue weighted by molar-refractivity contribution is 8.00. The number of aromatic nitrogens is 1. The van der Waals surface area contributed by atoms with Gasteiger partial charge in [-0.2, -0.15) is 4.99 Å². The molecular formula is C21H29N3O2S2. The molecule has 3 rings (SSSR count). The Morgan fingerprint density at radius 1 is 1.21 bits per heavy atom. The summed E-state index contributed by atoms with van der Waals surface area (Å²) in [6.45, 7) is 11.0. The zero-order valence-electron chi connectivity index (χ0n) is 17.1. The van der Waals surface area contributed by atoms with Crippen LogP contribution in [0.25, 0.3) is 10.2 Å². The summed E-state index contributed by atoms with van der Waals surface area (Å²) >= 11 is 2.91. The normalized spacial score (nSPS) is 20.7. The third-order valence-corrected chi connectivity index (χ3v) is 6.99. The fraction of sp³-hybridized carbons (Fsp3) is 0.571. The molecule has 1 fully saturated rings. The van der Waals surface area contributed by atoms with Gasteiger partial charge < -0.3 is 9.47 Å². The molecule has 1 aliphatic rings. The van der Waals surface area contributed by atoms with Gasteiger partial charge in [-0.15, -0.1) is 11.8 Å². The number of piperidine rings is 1. The maximum absolute atomic E-state index is 12.4. The van der Waals surface area contributed by atoms with Crippen LogP contribution in [0.2, 0.25) is 0 Å². The van der Waals surface area contributed by atoms with Gasteiger partial charge in [-0.05, 0) is 49.8 Å². The first kappa shape index (κ1) is 21.1. The number of aryl methyl sites for hydroxylation is 2. The number of hydrogen-bond donors (Lipinski definition) is 0. The number of thioether (sulfide) groups is 1. The summed E-state index contributed by atoms with van der Waals surface area (Å²) < 4.78 is 3.22. The Bertz CT molecular complexity index is 921. The van der Waals surface area contributed by atoms with E-state index in [1.807, 2.05) is 4.90 Å². The van der Waals surface area contributed by atoms with Gasteiger partial charge in [0.15, 0.2) is 4.80 Å². The molecule has 1 saturated heterocycles. The lowest BCUT2D eigenvalue weighted by atomic mass is 9.92. The largest absolute Gasteiger partial charge is 0.341 e. The lowest BCUT2D eigenvalue weighted by Gasteiger charge is -2.35. The third-order valence-electron chi connectivity index (χ3n) is 5.05. The van der Waals surface area contributed by atoms with E-state index >= 15 is 0 Å². The average Bonchev–Trinajstić information content (AvgIpc) is 2.96. The Hall–Kier alpha value is -1.60. The van der Waals surface area contributed by atoms with Crippen LogP contribution in [-0.2, 0) is 16.1 Å². The third kappa shape index (κ3) is 5.06. The van der Waals surface area contributed by atoms with Gasteiger partial charge in [0.1, 0.15) is 0 Å². The highest BCUT2D eigenvalue weighted by Gasteiger charge is 2.25. The smallest absolute Gasteiger partial charge is 0.258 e. The van der Waals surface area contributed by atoms with Crippen LogP contribution in [0.1, 0.15) is 32.8 Å². The molecule has 5 nitrogen and oxygen atoms in total. The minimum atomic E-state index is -0.177. The van der Waals surface area contributed by atoms with Crippen LogP contribution in [0.15, 0.2) is 23.2 Å². The molecule has 0 radical (unpaired) electrons. The number of hydrogen-bond acceptors (Lipinski definition) is 4. The molecule has 0 unspecified atom stereocenters. The van der Waals surface area contributed by atoms with E-state index < -0.39 is 0 Å². The van der Waals surface area contributed by atoms with E-state index in [4.69, 9.17) is 0 Å². The first-order valence-corrected chi connectivity index (χ1v) is 11.9. The maximum atomic E-state index is 12.4. The van der Waals surface area contributed by atoms with Gasteiger partial charge in [-0.3, -0.25) is 9.59 Å². The van der Waals surface area contributed by atoms with Crippen molar-refractivity contribution in [2.45, 2.75) is 40.7 Å². The number of benzene rings is 1. The molecule has 1 aromatic carbocycles. The Labute approximate surface area is 174 Å². The van der Waals surface area contributed by atoms with E-state index in [1.54, 1.807) is 11.3 Å². The van der Waals surface area contributed by atoms with Crippen molar-refractivity contribution < 1.29 is 9.59 Å². The van der Waals surface area contributed by atoms with Crippen molar-refractivity contribution in [3.05, 3.63) is 28.6 Å². The molecule has 2 heterocycles. The van der Waals surface area contributed by atoms with Crippen molar-refractivity contribution >= 4 is 45.1 Å². The molecule has 2 aromatic rings. The lowest BCUT2D eigenvalue weighted by Crippen LogP contribution is -2.43. The van der Waals surface area contributed by atoms with Gasteiger partial charge >= 0.3 is 0 Å². The fourth-order valence-corrected chi connectivity index (χ4v) is 5.80. The number of amides is 2. The van der Waals surface area contributed by atoms with Gasteiger partial charge in [0.25, 0.3) is 5.91 Å². The minimum Gasteiger partial charge on any atom is -0.341 e. The van der Waals surface area contributed by atoms with Gasteiger partial charge in [0.05, 0.1) is 21.7 Å². The molecule has 1 aliphatic heterocycles. The fourth-order valence-electron chi connectivity index (χ4n) is 3.89. The first-order valence-electron chi connectivity index (χ1n) is 9.90. The maximum Gasteiger partial charge on any atom is 0.258 e. The van der Waals surface area contributed by atoms with Crippen LogP contribution in [0.5, 0.6) is 0 Å². The molecule has 0 aliphatic carbocycles. The summed E-state index contributed by atoms with van der Waals surface area (Å²) in [6.07, 6.45) is 1.18. The Morgan fingerprint density at radius 2 is 1.93 bits per heavy atom. The first-order chi connectivity index (χ1) is 13.4. The van der Waals surface area contributed by atoms with Crippen molar-refractivity contribution in [1.29, 1.82) is 0 Å². The number of likely N-dealkylation sites (tertiary alicyclic amines) is 1. The second kappa shape index (κ2) is 9.27. The summed E-state index contributed by atoms with van der Waals surface area (Å²) in [5.41, 5.74) is 2.31. The zero-order valence-corrected chi connectivity index (χ0v) is 18.7. The number of nitrogens with zero attached hydrogens (tertiary/aromatic N) is 3. The number of carbonyl (C=O) groups is 2. The topological polar surface area (TPSA) is 54.7 Å². The van der Waals surface area contributed by atoms with Gasteiger partial charge in [-0.1, -0.05) is 31.3 Å². The molecule has 1 aromatic heterocycles. The van der Waals surface area contributed by atoms with E-state index in [1.165, 1.54) is 23.7 Å². The van der Waals surface area contributed by atoms with Crippen LogP contribution in [-0.4, -0.2) is 45.9 Å². The average molecular weight is 420 g/mol. The number of fused-ring (bicyclic) bond motifs is 1. The van der Waals surface area contributed by atoms with Crippen molar-refractivity contribution in [2.75, 3.05) is 24.6 Å². The highest BCUT2D eigenvalue weighted by Crippen LogP contribution is 2.22. The zero-order chi connectivity index (χ0) is 20.3. The lowest BCUT2D eigenvalue weighted by molar-refractivity contribution is -0.130. The molecule has 0 N–H and O–H groups in total. The van der Waals surface area contributed by atoms with Crippen LogP contribution in [0, 0.1) is 18.8 Å². The summed E-state index contributed by atoms with van der Waals surface area (Å²) in [5, 5.41) is 0. The molecule has 0 saturated carbocycles. The molecule has 2 amide bonds. The van der Waals surface area contributed by atoms with E-state index in [-0.39, 0.29) is 17.6 Å². The standard InChI is InChI=1S/C21H29N3O2S2/c1-5-24-17-7-6-14(2)9-18(17)28-21(24)22-19(25)12-27-13-20(26)23-10-15(3)8-16(4)11-23/h6-7,9,15-16H,5,8,10-13H2,1-4H3/t15-,16+. The van der Waals surface area contributed by atoms with Crippen molar-refractivity contribution in [3.63, 3.8) is 0 Å². The van der Waals surface area contributed by atoms with E-state index in [0.717, 1.165) is 34.7 Å². The SMILES string of the molecule is CCn1c(=NC(=O)CSCC(=O)N2C[C@H](C)C[C@H](C)C2)sc2cc(C)ccc21. The van der Waals surface area contributed by atoms with Crippen molar-refractivity contribution in [2.24, 2.45) is 16.8 Å². The number of rotatable bonds is 5. The number of thiazole rings is 1. The van der Waals surface area contributed by atoms with Crippen LogP contribution < -0.4 is 4.80 Å². The number of carbonyl (C=O) groups excluding carboxylic acids is 2. The quantitative estimate of drug-likeness (QED) is 0.743. The van der Waals surface area contributed by atoms with E-state index in [2.05, 4.69) is 55.5 Å². The van der Waals surface area contributed by atoms with Crippen LogP contribution in [0.3, 0.4) is 0 Å². The molecule has 7 heteroatoms. The van der Waals surface area contributed by atoms with Gasteiger partial charge in [-0.25, -0.2) is 0 Å². The van der Waals surface area contributed by atoms with Crippen molar-refractivity contribution in [1.82, 2.24) is 9.47 Å². The van der Waals surface area contributed by atoms with Gasteiger partial charge in [0, 0.05) is 19.6 Å².